The molecule has 0 amide bonds. The molecule has 59 heavy (non-hydrogen) atoms. The fourth-order valence-corrected chi connectivity index (χ4v) is 9.24. The van der Waals surface area contributed by atoms with Gasteiger partial charge in [-0.1, -0.05) is 90.0 Å². The summed E-state index contributed by atoms with van der Waals surface area (Å²) in [5.74, 6) is -0.0979. The summed E-state index contributed by atoms with van der Waals surface area (Å²) in [6, 6.07) is 39.6. The zero-order valence-electron chi connectivity index (χ0n) is 35.2. The minimum Gasteiger partial charge on any atom is -0.466 e. The first-order chi connectivity index (χ1) is 28.9. The number of aromatic nitrogens is 3. The second-order valence-corrected chi connectivity index (χ2v) is 16.5. The van der Waals surface area contributed by atoms with Crippen LogP contribution in [0.3, 0.4) is 0 Å². The largest absolute Gasteiger partial charge is 0.466 e. The minimum absolute atomic E-state index is 0.0979. The molecule has 0 atom stereocenters. The van der Waals surface area contributed by atoms with Crippen molar-refractivity contribution in [1.82, 2.24) is 23.9 Å². The highest BCUT2D eigenvalue weighted by Gasteiger charge is 2.24. The molecule has 5 heterocycles. The van der Waals surface area contributed by atoms with E-state index >= 15 is 0 Å². The van der Waals surface area contributed by atoms with E-state index in [4.69, 9.17) is 4.74 Å². The number of pyridine rings is 1. The van der Waals surface area contributed by atoms with Gasteiger partial charge in [-0.2, -0.15) is 0 Å². The number of carbonyl (C=O) groups excluding carboxylic acids is 1. The van der Waals surface area contributed by atoms with Gasteiger partial charge in [0.2, 0.25) is 0 Å². The Hall–Kier alpha value is -5.50. The molecule has 0 saturated carbocycles. The number of aryl methyl sites for hydroxylation is 2. The summed E-state index contributed by atoms with van der Waals surface area (Å²) < 4.78 is 10.2. The van der Waals surface area contributed by atoms with Crippen LogP contribution < -0.4 is 0 Å². The summed E-state index contributed by atoms with van der Waals surface area (Å²) in [4.78, 5) is 21.1. The molecule has 0 radical (unpaired) electrons. The molecule has 0 N–H and O–H groups in total. The molecule has 9 rings (SSSR count). The van der Waals surface area contributed by atoms with E-state index in [1.165, 1.54) is 78.6 Å². The first-order valence-electron chi connectivity index (χ1n) is 21.7. The summed E-state index contributed by atoms with van der Waals surface area (Å²) in [5.41, 5.74) is 15.3. The van der Waals surface area contributed by atoms with E-state index in [1.54, 1.807) is 0 Å². The van der Waals surface area contributed by atoms with Crippen LogP contribution in [-0.4, -0.2) is 62.7 Å². The molecular formula is C52H59N5O2. The maximum Gasteiger partial charge on any atom is 0.307 e. The topological polar surface area (TPSA) is 55.5 Å². The fraction of sp³-hybridized carbons (Fsp3) is 0.346. The van der Waals surface area contributed by atoms with Crippen LogP contribution in [0, 0.1) is 13.8 Å². The van der Waals surface area contributed by atoms with E-state index < -0.39 is 0 Å². The minimum atomic E-state index is -0.0979. The Morgan fingerprint density at radius 1 is 0.644 bits per heavy atom. The lowest BCUT2D eigenvalue weighted by atomic mass is 10.1. The van der Waals surface area contributed by atoms with Gasteiger partial charge in [0.05, 0.1) is 13.0 Å². The van der Waals surface area contributed by atoms with Crippen LogP contribution in [0.25, 0.3) is 21.8 Å². The quantitative estimate of drug-likeness (QED) is 0.122. The molecule has 0 fully saturated rings. The Morgan fingerprint density at radius 3 is 1.68 bits per heavy atom. The van der Waals surface area contributed by atoms with Gasteiger partial charge in [0.15, 0.2) is 0 Å². The van der Waals surface area contributed by atoms with Crippen molar-refractivity contribution >= 4 is 27.8 Å². The van der Waals surface area contributed by atoms with Crippen molar-refractivity contribution in [3.8, 4) is 0 Å². The standard InChI is InChI=1S/C27H29N3.C25H30N2O2/c1-21-11-12-27-24(17-21)25-20-29(16-13-22-9-5-14-28-18-22)15-6-10-26(25)30(27)19-23-7-3-2-4-8-23;1-3-29-25(28)13-15-26-14-7-10-23-22(18-26)21-16-19(2)11-12-24(21)27(23)17-20-8-5-4-6-9-20/h2-5,7-9,11-12,14,17-18H,6,10,13,15-16,19-20H2,1H3;4-6,8-9,11-12,16H,3,7,10,13-15,17-18H2,1-2H3. The molecule has 0 unspecified atom stereocenters. The van der Waals surface area contributed by atoms with E-state index in [1.807, 2.05) is 25.4 Å². The summed E-state index contributed by atoms with van der Waals surface area (Å²) in [7, 11) is 0. The van der Waals surface area contributed by atoms with Crippen LogP contribution in [0.2, 0.25) is 0 Å². The molecule has 3 aromatic heterocycles. The average Bonchev–Trinajstić information content (AvgIpc) is 3.45. The number of rotatable bonds is 11. The Balaban J connectivity index is 0.000000164. The third-order valence-electron chi connectivity index (χ3n) is 12.2. The van der Waals surface area contributed by atoms with Gasteiger partial charge in [-0.15, -0.1) is 0 Å². The van der Waals surface area contributed by atoms with Gasteiger partial charge in [-0.25, -0.2) is 0 Å². The zero-order chi connectivity index (χ0) is 40.6. The molecular weight excluding hydrogens is 727 g/mol. The van der Waals surface area contributed by atoms with Crippen LogP contribution in [0.5, 0.6) is 0 Å². The predicted molar refractivity (Wildman–Crippen MR) is 241 cm³/mol. The SMILES string of the molecule is CCOC(=O)CCN1CCCc2c(c3cc(C)ccc3n2Cc2ccccc2)C1.Cc1ccc2c(c1)c1c(n2Cc2ccccc2)CCCN(CCc2cccnc2)C1. The molecule has 7 aromatic rings. The van der Waals surface area contributed by atoms with Crippen molar-refractivity contribution in [2.75, 3.05) is 32.8 Å². The molecule has 0 spiro atoms. The van der Waals surface area contributed by atoms with Crippen molar-refractivity contribution in [1.29, 1.82) is 0 Å². The average molecular weight is 786 g/mol. The number of ether oxygens (including phenoxy) is 1. The Labute approximate surface area is 350 Å². The zero-order valence-corrected chi connectivity index (χ0v) is 35.2. The van der Waals surface area contributed by atoms with Crippen LogP contribution in [0.4, 0.5) is 0 Å². The van der Waals surface area contributed by atoms with Crippen molar-refractivity contribution in [3.63, 3.8) is 0 Å². The summed E-state index contributed by atoms with van der Waals surface area (Å²) >= 11 is 0. The van der Waals surface area contributed by atoms with Crippen LogP contribution in [0.1, 0.15) is 76.5 Å². The summed E-state index contributed by atoms with van der Waals surface area (Å²) in [6.07, 6.45) is 9.93. The molecule has 7 nitrogen and oxygen atoms in total. The first kappa shape index (κ1) is 40.3. The smallest absolute Gasteiger partial charge is 0.307 e. The Bertz CT molecular complexity index is 2470. The molecule has 4 aromatic carbocycles. The number of fused-ring (bicyclic) bond motifs is 6. The normalized spacial score (nSPS) is 14.6. The lowest BCUT2D eigenvalue weighted by Gasteiger charge is -2.20. The number of carbonyl (C=O) groups is 1. The number of benzene rings is 4. The van der Waals surface area contributed by atoms with E-state index in [2.05, 4.69) is 141 Å². The van der Waals surface area contributed by atoms with Gasteiger partial charge >= 0.3 is 5.97 Å². The number of nitrogens with zero attached hydrogens (tertiary/aromatic N) is 5. The maximum absolute atomic E-state index is 11.8. The van der Waals surface area contributed by atoms with Gasteiger partial charge in [0.1, 0.15) is 0 Å². The van der Waals surface area contributed by atoms with Gasteiger partial charge in [0.25, 0.3) is 0 Å². The van der Waals surface area contributed by atoms with Crippen molar-refractivity contribution < 1.29 is 9.53 Å². The second-order valence-electron chi connectivity index (χ2n) is 16.5. The lowest BCUT2D eigenvalue weighted by molar-refractivity contribution is -0.143. The monoisotopic (exact) mass is 785 g/mol. The van der Waals surface area contributed by atoms with Crippen LogP contribution in [0.15, 0.2) is 122 Å². The van der Waals surface area contributed by atoms with E-state index in [0.29, 0.717) is 13.0 Å². The maximum atomic E-state index is 11.8. The van der Waals surface area contributed by atoms with E-state index in [-0.39, 0.29) is 5.97 Å². The van der Waals surface area contributed by atoms with Gasteiger partial charge < -0.3 is 13.9 Å². The van der Waals surface area contributed by atoms with Crippen LogP contribution >= 0.6 is 0 Å². The molecule has 7 heteroatoms. The highest BCUT2D eigenvalue weighted by atomic mass is 16.5. The van der Waals surface area contributed by atoms with Gasteiger partial charge in [-0.05, 0) is 124 Å². The number of hydrogen-bond donors (Lipinski definition) is 0. The molecule has 0 bridgehead atoms. The molecule has 0 aliphatic carbocycles. The fourth-order valence-electron chi connectivity index (χ4n) is 9.24. The first-order valence-corrected chi connectivity index (χ1v) is 21.7. The number of hydrogen-bond acceptors (Lipinski definition) is 5. The lowest BCUT2D eigenvalue weighted by Crippen LogP contribution is -2.26. The third kappa shape index (κ3) is 9.70. The predicted octanol–water partition coefficient (Wildman–Crippen LogP) is 10.1. The summed E-state index contributed by atoms with van der Waals surface area (Å²) in [6.45, 7) is 14.5. The van der Waals surface area contributed by atoms with Gasteiger partial charge in [0, 0.05) is 84.9 Å². The van der Waals surface area contributed by atoms with Crippen molar-refractivity contribution in [2.24, 2.45) is 0 Å². The van der Waals surface area contributed by atoms with Crippen LogP contribution in [-0.2, 0) is 55.0 Å². The highest BCUT2D eigenvalue weighted by molar-refractivity contribution is 5.87. The van der Waals surface area contributed by atoms with E-state index in [9.17, 15) is 4.79 Å². The van der Waals surface area contributed by atoms with Crippen molar-refractivity contribution in [2.45, 2.75) is 85.5 Å². The summed E-state index contributed by atoms with van der Waals surface area (Å²) in [5, 5.41) is 2.80. The van der Waals surface area contributed by atoms with Gasteiger partial charge in [-0.3, -0.25) is 19.6 Å². The third-order valence-corrected chi connectivity index (χ3v) is 12.2. The number of esters is 1. The van der Waals surface area contributed by atoms with Crippen molar-refractivity contribution in [3.05, 3.63) is 172 Å². The highest BCUT2D eigenvalue weighted by Crippen LogP contribution is 2.34. The molecule has 304 valence electrons. The van der Waals surface area contributed by atoms with E-state index in [0.717, 1.165) is 78.0 Å². The Morgan fingerprint density at radius 2 is 1.17 bits per heavy atom. The molecule has 2 aliphatic rings. The second kappa shape index (κ2) is 19.0. The molecule has 0 saturated heterocycles. The molecule has 2 aliphatic heterocycles. The Kier molecular flexibility index (Phi) is 13.0.